The molecule has 2 atom stereocenters. The molecule has 0 fully saturated rings. The Kier molecular flexibility index (Phi) is 30.1. The van der Waals surface area contributed by atoms with Crippen LogP contribution in [0.4, 0.5) is 0 Å². The van der Waals surface area contributed by atoms with E-state index in [-0.39, 0.29) is 0 Å². The van der Waals surface area contributed by atoms with Crippen molar-refractivity contribution in [3.63, 3.8) is 0 Å². The maximum atomic E-state index is 7.37. The van der Waals surface area contributed by atoms with Crippen LogP contribution in [0.15, 0.2) is 36.4 Å². The average molecular weight is 1270 g/mol. The van der Waals surface area contributed by atoms with Crippen LogP contribution in [0.2, 0.25) is 29.6 Å². The van der Waals surface area contributed by atoms with E-state index in [2.05, 4.69) is 116 Å². The summed E-state index contributed by atoms with van der Waals surface area (Å²) in [6.45, 7) is 10.9. The Bertz CT molecular complexity index is 1980. The van der Waals surface area contributed by atoms with E-state index in [0.29, 0.717) is 11.8 Å². The van der Waals surface area contributed by atoms with E-state index in [1.165, 1.54) is 245 Å². The van der Waals surface area contributed by atoms with Crippen molar-refractivity contribution in [3.8, 4) is 32.4 Å². The quantitative estimate of drug-likeness (QED) is 0.0286. The Labute approximate surface area is 468 Å². The number of hydrogen-bond donors (Lipinski definition) is 0. The first-order valence-corrected chi connectivity index (χ1v) is 53.6. The van der Waals surface area contributed by atoms with Gasteiger partial charge in [0.2, 0.25) is 0 Å². The van der Waals surface area contributed by atoms with Gasteiger partial charge in [-0.15, -0.1) is 0 Å². The normalized spacial score (nSPS) is 13.2. The van der Waals surface area contributed by atoms with Crippen molar-refractivity contribution in [2.75, 3.05) is 13.2 Å². The first-order valence-electron chi connectivity index (χ1n) is 30.4. The number of rotatable bonds is 42. The van der Waals surface area contributed by atoms with Crippen LogP contribution in [-0.2, 0) is 0 Å². The molecule has 0 bridgehead atoms. The molecule has 0 saturated heterocycles. The van der Waals surface area contributed by atoms with Gasteiger partial charge in [0.05, 0.1) is 0 Å². The summed E-state index contributed by atoms with van der Waals surface area (Å²) in [4.78, 5) is 18.0. The minimum atomic E-state index is -2.21. The van der Waals surface area contributed by atoms with Crippen LogP contribution in [0.25, 0.3) is 39.7 Å². The molecule has 0 aliphatic carbocycles. The van der Waals surface area contributed by atoms with Crippen LogP contribution in [0.5, 0.6) is 11.5 Å². The zero-order valence-corrected chi connectivity index (χ0v) is 57.1. The molecule has 0 radical (unpaired) electrons. The fraction of sp³-hybridized carbons (Fsp3) is 0.719. The predicted molar refractivity (Wildman–Crippen MR) is 338 cm³/mol. The molecule has 0 aliphatic rings. The summed E-state index contributed by atoms with van der Waals surface area (Å²) >= 11 is 3.70. The predicted octanol–water partition coefficient (Wildman–Crippen LogP) is 23.2. The molecule has 0 spiro atoms. The molecular weight excluding hydrogens is 1170 g/mol. The van der Waals surface area contributed by atoms with Crippen molar-refractivity contribution < 1.29 is 9.47 Å². The number of fused-ring (bicyclic) bond motifs is 2. The summed E-state index contributed by atoms with van der Waals surface area (Å²) < 4.78 is 23.9. The van der Waals surface area contributed by atoms with E-state index in [1.807, 2.05) is 22.7 Å². The first kappa shape index (κ1) is 62.6. The molecule has 8 heteroatoms. The van der Waals surface area contributed by atoms with E-state index in [1.54, 1.807) is 5.79 Å². The standard InChI is InChI=1S/C58H88O2S4.6CH3.2Sn/c1-5-9-13-17-21-23-27-31-35-47(33-29-25-19-15-11-7-3)45-59-51-41-50(56-44-58-54(64-56)38-40-62-58)52(42-49(51)55-43-57-53(63-55)37-39-61-57)60-46-48(34-30-26-20-16-12-8-4)36-32-28-24-22-18-14-10-6-2;;;;;;;;/h37-38,41-44,47-48H,5-36,45-46H2,1-4H3;6*1H3;;. The van der Waals surface area contributed by atoms with Gasteiger partial charge in [-0.05, 0) is 0 Å². The zero-order chi connectivity index (χ0) is 51.6. The van der Waals surface area contributed by atoms with Crippen molar-refractivity contribution >= 4 is 107 Å². The van der Waals surface area contributed by atoms with Crippen LogP contribution in [0.3, 0.4) is 0 Å². The molecule has 2 nitrogen and oxygen atoms in total. The molecule has 2 unspecified atom stereocenters. The van der Waals surface area contributed by atoms with Crippen molar-refractivity contribution in [2.24, 2.45) is 11.8 Å². The topological polar surface area (TPSA) is 18.5 Å². The fourth-order valence-corrected chi connectivity index (χ4v) is 26.4. The van der Waals surface area contributed by atoms with Crippen LogP contribution < -0.4 is 15.3 Å². The van der Waals surface area contributed by atoms with Gasteiger partial charge in [0.1, 0.15) is 0 Å². The van der Waals surface area contributed by atoms with Crippen LogP contribution in [0, 0.1) is 11.8 Å². The van der Waals surface area contributed by atoms with Crippen LogP contribution in [0.1, 0.15) is 233 Å². The number of hydrogen-bond acceptors (Lipinski definition) is 6. The van der Waals surface area contributed by atoms with Crippen molar-refractivity contribution in [3.05, 3.63) is 36.4 Å². The number of benzene rings is 1. The molecule has 0 saturated carbocycles. The third-order valence-corrected chi connectivity index (χ3v) is 38.8. The second-order valence-electron chi connectivity index (χ2n) is 24.2. The van der Waals surface area contributed by atoms with E-state index in [9.17, 15) is 0 Å². The van der Waals surface area contributed by atoms with E-state index < -0.39 is 36.8 Å². The Hall–Kier alpha value is -0.263. The maximum absolute atomic E-state index is 7.37. The first-order chi connectivity index (χ1) is 34.8. The molecular formula is C64H106O2S4Sn2. The molecule has 0 amide bonds. The van der Waals surface area contributed by atoms with Gasteiger partial charge in [-0.3, -0.25) is 0 Å². The SMILES string of the molecule is CCCCCCCCCCC(CCCCCCCC)COc1cc(-c2cc3s[c]([Sn]([CH3])([CH3])[CH3])cc3s2)c(OCC(CCCCCCCC)CCCCCCCCCC)cc1-c1cc2s[c]([Sn]([CH3])([CH3])[CH3])cc2s1. The molecule has 5 rings (SSSR count). The molecule has 0 N–H and O–H groups in total. The van der Waals surface area contributed by atoms with Crippen LogP contribution >= 0.6 is 45.3 Å². The average Bonchev–Trinajstić information content (AvgIpc) is 4.14. The van der Waals surface area contributed by atoms with Crippen molar-refractivity contribution in [1.82, 2.24) is 0 Å². The molecule has 0 aliphatic heterocycles. The van der Waals surface area contributed by atoms with Gasteiger partial charge in [-0.1, -0.05) is 182 Å². The summed E-state index contributed by atoms with van der Waals surface area (Å²) in [5.41, 5.74) is 2.48. The number of thiophene rings is 4. The number of unbranched alkanes of at least 4 members (excludes halogenated alkanes) is 24. The third kappa shape index (κ3) is 22.2. The Morgan fingerprint density at radius 2 is 0.597 bits per heavy atom. The van der Waals surface area contributed by atoms with E-state index in [4.69, 9.17) is 9.47 Å². The van der Waals surface area contributed by atoms with Crippen molar-refractivity contribution in [2.45, 2.75) is 263 Å². The van der Waals surface area contributed by atoms with Gasteiger partial charge in [-0.2, -0.15) is 0 Å². The third-order valence-electron chi connectivity index (χ3n) is 15.3. The summed E-state index contributed by atoms with van der Waals surface area (Å²) in [7, 11) is 0. The number of ether oxygens (including phenoxy) is 2. The molecule has 72 heavy (non-hydrogen) atoms. The Balaban J connectivity index is 1.49. The van der Waals surface area contributed by atoms with Gasteiger partial charge in [0, 0.05) is 0 Å². The second kappa shape index (κ2) is 34.6. The van der Waals surface area contributed by atoms with Gasteiger partial charge >= 0.3 is 291 Å². The van der Waals surface area contributed by atoms with Gasteiger partial charge in [0.15, 0.2) is 0 Å². The van der Waals surface area contributed by atoms with Crippen molar-refractivity contribution in [1.29, 1.82) is 0 Å². The van der Waals surface area contributed by atoms with E-state index >= 15 is 0 Å². The summed E-state index contributed by atoms with van der Waals surface area (Å²) in [5, 5.41) is 0. The van der Waals surface area contributed by atoms with Gasteiger partial charge in [-0.25, -0.2) is 0 Å². The molecule has 4 aromatic heterocycles. The summed E-state index contributed by atoms with van der Waals surface area (Å²) in [5.74, 6) is 3.31. The fourth-order valence-electron chi connectivity index (χ4n) is 10.5. The Morgan fingerprint density at radius 1 is 0.333 bits per heavy atom. The zero-order valence-electron chi connectivity index (χ0n) is 48.1. The summed E-state index contributed by atoms with van der Waals surface area (Å²) in [6.07, 6.45) is 43.4. The second-order valence-corrected chi connectivity index (χ2v) is 59.4. The van der Waals surface area contributed by atoms with Gasteiger partial charge in [0.25, 0.3) is 0 Å². The molecule has 5 aromatic rings. The molecule has 1 aromatic carbocycles. The molecule has 406 valence electrons. The minimum absolute atomic E-state index is 0.588. The Morgan fingerprint density at radius 3 is 0.861 bits per heavy atom. The summed E-state index contributed by atoms with van der Waals surface area (Å²) in [6, 6.07) is 15.0. The monoisotopic (exact) mass is 1270 g/mol. The van der Waals surface area contributed by atoms with Crippen LogP contribution in [-0.4, -0.2) is 50.0 Å². The van der Waals surface area contributed by atoms with E-state index in [0.717, 1.165) is 24.7 Å². The van der Waals surface area contributed by atoms with Gasteiger partial charge < -0.3 is 0 Å². The molecule has 4 heterocycles.